The molecule has 0 spiro atoms. The first-order chi connectivity index (χ1) is 15.5. The van der Waals surface area contributed by atoms with E-state index in [9.17, 15) is 0 Å². The maximum Gasteiger partial charge on any atom is 0.166 e. The standard InChI is InChI=1S/C27H33Cl2NO2/c1-17(27-12-18-8-19(13-27)10-20(9-18)14-27)30-15-21-4-3-5-25(31-2)26(21)32-16-22-6-7-23(28)11-24(22)29/h3-7,11,17-20,30H,8-10,12-16H2,1-2H3/t17-,18?,19?,20?,27?/m0/s1. The SMILES string of the molecule is COc1cccc(CN[C@@H](C)C23CC4CC(CC(C4)C2)C3)c1OCc1ccc(Cl)cc1Cl. The first kappa shape index (κ1) is 22.4. The van der Waals surface area contributed by atoms with E-state index in [4.69, 9.17) is 32.7 Å². The third kappa shape index (κ3) is 4.36. The molecule has 4 bridgehead atoms. The van der Waals surface area contributed by atoms with E-state index in [2.05, 4.69) is 18.3 Å². The van der Waals surface area contributed by atoms with Gasteiger partial charge < -0.3 is 14.8 Å². The molecule has 32 heavy (non-hydrogen) atoms. The monoisotopic (exact) mass is 473 g/mol. The van der Waals surface area contributed by atoms with Gasteiger partial charge in [-0.05, 0) is 86.8 Å². The van der Waals surface area contributed by atoms with Gasteiger partial charge in [0.25, 0.3) is 0 Å². The fourth-order valence-electron chi connectivity index (χ4n) is 7.00. The zero-order valence-electron chi connectivity index (χ0n) is 19.0. The molecule has 5 heteroatoms. The molecule has 0 aliphatic heterocycles. The highest BCUT2D eigenvalue weighted by Crippen LogP contribution is 2.61. The molecule has 0 aromatic heterocycles. The minimum absolute atomic E-state index is 0.369. The minimum Gasteiger partial charge on any atom is -0.493 e. The van der Waals surface area contributed by atoms with E-state index in [-0.39, 0.29) is 0 Å². The van der Waals surface area contributed by atoms with Gasteiger partial charge in [-0.15, -0.1) is 0 Å². The van der Waals surface area contributed by atoms with Crippen LogP contribution < -0.4 is 14.8 Å². The van der Waals surface area contributed by atoms with Crippen LogP contribution >= 0.6 is 23.2 Å². The molecule has 2 aromatic rings. The smallest absolute Gasteiger partial charge is 0.166 e. The molecule has 0 radical (unpaired) electrons. The fraction of sp³-hybridized carbons (Fsp3) is 0.556. The van der Waals surface area contributed by atoms with E-state index in [1.54, 1.807) is 13.2 Å². The minimum atomic E-state index is 0.369. The van der Waals surface area contributed by atoms with E-state index < -0.39 is 0 Å². The summed E-state index contributed by atoms with van der Waals surface area (Å²) >= 11 is 12.4. The molecule has 172 valence electrons. The molecule has 6 rings (SSSR count). The molecule has 4 fully saturated rings. The van der Waals surface area contributed by atoms with Crippen molar-refractivity contribution in [2.24, 2.45) is 23.2 Å². The molecule has 4 saturated carbocycles. The second kappa shape index (κ2) is 9.08. The topological polar surface area (TPSA) is 30.5 Å². The van der Waals surface area contributed by atoms with Crippen LogP contribution in [0.1, 0.15) is 56.6 Å². The van der Waals surface area contributed by atoms with Gasteiger partial charge in [0.15, 0.2) is 11.5 Å². The lowest BCUT2D eigenvalue weighted by molar-refractivity contribution is -0.0706. The van der Waals surface area contributed by atoms with Gasteiger partial charge in [-0.25, -0.2) is 0 Å². The molecule has 3 nitrogen and oxygen atoms in total. The van der Waals surface area contributed by atoms with Crippen LogP contribution in [0.2, 0.25) is 10.0 Å². The van der Waals surface area contributed by atoms with Crippen molar-refractivity contribution < 1.29 is 9.47 Å². The number of halogens is 2. The number of rotatable bonds is 8. The zero-order chi connectivity index (χ0) is 22.3. The van der Waals surface area contributed by atoms with Crippen molar-refractivity contribution in [3.63, 3.8) is 0 Å². The average Bonchev–Trinajstić information content (AvgIpc) is 2.76. The molecule has 1 N–H and O–H groups in total. The average molecular weight is 474 g/mol. The Labute approximate surface area is 201 Å². The van der Waals surface area contributed by atoms with Gasteiger partial charge in [0.2, 0.25) is 0 Å². The second-order valence-electron chi connectivity index (χ2n) is 10.4. The Morgan fingerprint density at radius 1 is 1.00 bits per heavy atom. The molecule has 0 heterocycles. The second-order valence-corrected chi connectivity index (χ2v) is 11.2. The number of ether oxygens (including phenoxy) is 2. The molecule has 1 atom stereocenters. The van der Waals surface area contributed by atoms with Crippen molar-refractivity contribution in [2.45, 2.75) is 64.6 Å². The predicted octanol–water partition coefficient (Wildman–Crippen LogP) is 7.28. The highest BCUT2D eigenvalue weighted by atomic mass is 35.5. The van der Waals surface area contributed by atoms with Crippen LogP contribution in [0.25, 0.3) is 0 Å². The Balaban J connectivity index is 1.29. The first-order valence-electron chi connectivity index (χ1n) is 11.9. The van der Waals surface area contributed by atoms with E-state index in [1.807, 2.05) is 24.3 Å². The molecular formula is C27H33Cl2NO2. The summed E-state index contributed by atoms with van der Waals surface area (Å²) in [4.78, 5) is 0. The van der Waals surface area contributed by atoms with Crippen molar-refractivity contribution in [3.05, 3.63) is 57.6 Å². The molecule has 4 aliphatic rings. The lowest BCUT2D eigenvalue weighted by Gasteiger charge is -2.59. The summed E-state index contributed by atoms with van der Waals surface area (Å²) in [5.74, 6) is 4.42. The van der Waals surface area contributed by atoms with Crippen molar-refractivity contribution in [2.75, 3.05) is 7.11 Å². The van der Waals surface area contributed by atoms with Crippen molar-refractivity contribution in [1.82, 2.24) is 5.32 Å². The van der Waals surface area contributed by atoms with Gasteiger partial charge in [-0.3, -0.25) is 0 Å². The molecule has 0 unspecified atom stereocenters. The van der Waals surface area contributed by atoms with Crippen molar-refractivity contribution in [3.8, 4) is 11.5 Å². The maximum atomic E-state index is 6.35. The molecule has 0 amide bonds. The Morgan fingerprint density at radius 3 is 2.31 bits per heavy atom. The van der Waals surface area contributed by atoms with Gasteiger partial charge >= 0.3 is 0 Å². The predicted molar refractivity (Wildman–Crippen MR) is 131 cm³/mol. The van der Waals surface area contributed by atoms with Gasteiger partial charge in [0, 0.05) is 33.8 Å². The highest BCUT2D eigenvalue weighted by molar-refractivity contribution is 6.35. The Morgan fingerprint density at radius 2 is 1.69 bits per heavy atom. The van der Waals surface area contributed by atoms with E-state index >= 15 is 0 Å². The van der Waals surface area contributed by atoms with Crippen LogP contribution in [-0.4, -0.2) is 13.2 Å². The summed E-state index contributed by atoms with van der Waals surface area (Å²) in [6, 6.07) is 12.1. The van der Waals surface area contributed by atoms with Crippen LogP contribution in [-0.2, 0) is 13.2 Å². The van der Waals surface area contributed by atoms with Gasteiger partial charge in [-0.1, -0.05) is 41.4 Å². The Kier molecular flexibility index (Phi) is 6.35. The van der Waals surface area contributed by atoms with Crippen LogP contribution in [0.4, 0.5) is 0 Å². The van der Waals surface area contributed by atoms with E-state index in [1.165, 1.54) is 38.5 Å². The third-order valence-electron chi connectivity index (χ3n) is 8.27. The molecule has 2 aromatic carbocycles. The summed E-state index contributed by atoms with van der Waals surface area (Å²) in [6.07, 6.45) is 8.66. The highest BCUT2D eigenvalue weighted by Gasteiger charge is 2.52. The zero-order valence-corrected chi connectivity index (χ0v) is 20.5. The number of para-hydroxylation sites is 1. The van der Waals surface area contributed by atoms with Gasteiger partial charge in [0.1, 0.15) is 6.61 Å². The van der Waals surface area contributed by atoms with Crippen LogP contribution in [0.15, 0.2) is 36.4 Å². The Hall–Kier alpha value is -1.42. The van der Waals surface area contributed by atoms with E-state index in [0.29, 0.717) is 28.1 Å². The summed E-state index contributed by atoms with van der Waals surface area (Å²) in [5, 5.41) is 5.12. The third-order valence-corrected chi connectivity index (χ3v) is 8.86. The van der Waals surface area contributed by atoms with Crippen molar-refractivity contribution in [1.29, 1.82) is 0 Å². The van der Waals surface area contributed by atoms with Gasteiger partial charge in [-0.2, -0.15) is 0 Å². The Bertz CT molecular complexity index is 941. The van der Waals surface area contributed by atoms with Gasteiger partial charge in [0.05, 0.1) is 7.11 Å². The number of methoxy groups -OCH3 is 1. The summed E-state index contributed by atoms with van der Waals surface area (Å²) in [6.45, 7) is 3.54. The summed E-state index contributed by atoms with van der Waals surface area (Å²) in [7, 11) is 1.69. The lowest BCUT2D eigenvalue weighted by atomic mass is 9.48. The number of nitrogens with one attached hydrogen (secondary N) is 1. The quantitative estimate of drug-likeness (QED) is 0.436. The molecular weight excluding hydrogens is 441 g/mol. The number of benzene rings is 2. The van der Waals surface area contributed by atoms with Crippen LogP contribution in [0.3, 0.4) is 0 Å². The first-order valence-corrected chi connectivity index (χ1v) is 12.7. The van der Waals surface area contributed by atoms with Crippen LogP contribution in [0, 0.1) is 23.2 Å². The molecule has 0 saturated heterocycles. The fourth-order valence-corrected chi connectivity index (χ4v) is 7.46. The largest absolute Gasteiger partial charge is 0.493 e. The summed E-state index contributed by atoms with van der Waals surface area (Å²) in [5.41, 5.74) is 2.50. The van der Waals surface area contributed by atoms with E-state index in [0.717, 1.165) is 46.9 Å². The van der Waals surface area contributed by atoms with Crippen molar-refractivity contribution >= 4 is 23.2 Å². The normalized spacial score (nSPS) is 29.2. The lowest BCUT2D eigenvalue weighted by Crippen LogP contribution is -2.54. The van der Waals surface area contributed by atoms with Crippen LogP contribution in [0.5, 0.6) is 11.5 Å². The summed E-state index contributed by atoms with van der Waals surface area (Å²) < 4.78 is 11.9. The molecule has 4 aliphatic carbocycles. The maximum absolute atomic E-state index is 6.35. The number of hydrogen-bond donors (Lipinski definition) is 1. The number of hydrogen-bond acceptors (Lipinski definition) is 3.